The number of ether oxygens (including phenoxy) is 2. The number of carbonyl (C=O) groups excluding carboxylic acids is 1. The fourth-order valence-electron chi connectivity index (χ4n) is 2.54. The van der Waals surface area contributed by atoms with Crippen molar-refractivity contribution in [1.29, 1.82) is 0 Å². The van der Waals surface area contributed by atoms with Crippen LogP contribution in [0.25, 0.3) is 0 Å². The summed E-state index contributed by atoms with van der Waals surface area (Å²) in [7, 11) is 0. The van der Waals surface area contributed by atoms with E-state index in [1.807, 2.05) is 6.92 Å². The van der Waals surface area contributed by atoms with Gasteiger partial charge >= 0.3 is 0 Å². The molecule has 2 fully saturated rings. The first-order valence-corrected chi connectivity index (χ1v) is 6.97. The van der Waals surface area contributed by atoms with E-state index in [2.05, 4.69) is 10.6 Å². The van der Waals surface area contributed by atoms with Crippen molar-refractivity contribution in [2.45, 2.75) is 38.3 Å². The van der Waals surface area contributed by atoms with Crippen LogP contribution in [0.1, 0.15) is 26.2 Å². The Balaban J connectivity index is 1.53. The minimum absolute atomic E-state index is 0.155. The van der Waals surface area contributed by atoms with Gasteiger partial charge in [-0.25, -0.2) is 0 Å². The molecule has 1 aliphatic carbocycles. The van der Waals surface area contributed by atoms with Crippen LogP contribution in [0.15, 0.2) is 0 Å². The van der Waals surface area contributed by atoms with Crippen LogP contribution in [0, 0.1) is 5.92 Å². The van der Waals surface area contributed by atoms with E-state index in [1.54, 1.807) is 0 Å². The third-order valence-corrected chi connectivity index (χ3v) is 3.61. The second-order valence-electron chi connectivity index (χ2n) is 5.15. The topological polar surface area (TPSA) is 59.6 Å². The number of amides is 1. The van der Waals surface area contributed by atoms with E-state index in [1.165, 1.54) is 0 Å². The van der Waals surface area contributed by atoms with E-state index < -0.39 is 0 Å². The third-order valence-electron chi connectivity index (χ3n) is 3.61. The van der Waals surface area contributed by atoms with Crippen molar-refractivity contribution < 1.29 is 14.3 Å². The van der Waals surface area contributed by atoms with Gasteiger partial charge in [0.2, 0.25) is 5.91 Å². The maximum Gasteiger partial charge on any atom is 0.220 e. The number of carbonyl (C=O) groups is 1. The first-order chi connectivity index (χ1) is 8.78. The van der Waals surface area contributed by atoms with E-state index in [4.69, 9.17) is 9.47 Å². The summed E-state index contributed by atoms with van der Waals surface area (Å²) in [6.45, 7) is 5.79. The lowest BCUT2D eigenvalue weighted by atomic mass is 9.80. The van der Waals surface area contributed by atoms with E-state index in [0.29, 0.717) is 31.6 Å². The lowest BCUT2D eigenvalue weighted by molar-refractivity contribution is -0.124. The lowest BCUT2D eigenvalue weighted by Crippen LogP contribution is -2.48. The van der Waals surface area contributed by atoms with E-state index in [-0.39, 0.29) is 11.9 Å². The molecule has 0 bridgehead atoms. The van der Waals surface area contributed by atoms with Gasteiger partial charge < -0.3 is 20.1 Å². The molecule has 1 heterocycles. The van der Waals surface area contributed by atoms with Crippen molar-refractivity contribution in [2.24, 2.45) is 5.92 Å². The highest BCUT2D eigenvalue weighted by Crippen LogP contribution is 2.32. The minimum atomic E-state index is 0.155. The molecule has 0 radical (unpaired) electrons. The molecule has 0 aromatic rings. The molecule has 1 amide bonds. The molecule has 18 heavy (non-hydrogen) atoms. The number of hydrogen-bond acceptors (Lipinski definition) is 4. The van der Waals surface area contributed by atoms with Gasteiger partial charge in [0.1, 0.15) is 0 Å². The van der Waals surface area contributed by atoms with Crippen LogP contribution in [-0.2, 0) is 14.3 Å². The first kappa shape index (κ1) is 13.8. The summed E-state index contributed by atoms with van der Waals surface area (Å²) >= 11 is 0. The van der Waals surface area contributed by atoms with Crippen LogP contribution in [0.2, 0.25) is 0 Å². The molecule has 1 saturated carbocycles. The fraction of sp³-hybridized carbons (Fsp3) is 0.923. The molecule has 1 unspecified atom stereocenters. The van der Waals surface area contributed by atoms with E-state index in [0.717, 1.165) is 32.6 Å². The van der Waals surface area contributed by atoms with Crippen LogP contribution in [0.3, 0.4) is 0 Å². The highest BCUT2D eigenvalue weighted by atomic mass is 16.5. The van der Waals surface area contributed by atoms with Crippen LogP contribution in [0.4, 0.5) is 0 Å². The third kappa shape index (κ3) is 4.23. The molecule has 0 aromatic carbocycles. The van der Waals surface area contributed by atoms with Gasteiger partial charge in [0.15, 0.2) is 0 Å². The van der Waals surface area contributed by atoms with Gasteiger partial charge in [-0.1, -0.05) is 0 Å². The second kappa shape index (κ2) is 7.07. The Labute approximate surface area is 109 Å². The van der Waals surface area contributed by atoms with Crippen LogP contribution in [0.5, 0.6) is 0 Å². The average molecular weight is 256 g/mol. The maximum atomic E-state index is 11.7. The van der Waals surface area contributed by atoms with Crippen LogP contribution >= 0.6 is 0 Å². The molecule has 0 aromatic heterocycles. The Morgan fingerprint density at radius 1 is 1.50 bits per heavy atom. The van der Waals surface area contributed by atoms with Gasteiger partial charge in [-0.3, -0.25) is 4.79 Å². The van der Waals surface area contributed by atoms with Gasteiger partial charge in [-0.2, -0.15) is 0 Å². The zero-order valence-electron chi connectivity index (χ0n) is 11.1. The molecular weight excluding hydrogens is 232 g/mol. The van der Waals surface area contributed by atoms with E-state index in [9.17, 15) is 4.79 Å². The van der Waals surface area contributed by atoms with Gasteiger partial charge in [0.05, 0.1) is 19.3 Å². The summed E-state index contributed by atoms with van der Waals surface area (Å²) in [6.07, 6.45) is 3.09. The van der Waals surface area contributed by atoms with Gasteiger partial charge in [-0.15, -0.1) is 0 Å². The maximum absolute atomic E-state index is 11.7. The Bertz CT molecular complexity index is 261. The van der Waals surface area contributed by atoms with Crippen molar-refractivity contribution >= 4 is 5.91 Å². The van der Waals surface area contributed by atoms with Crippen molar-refractivity contribution in [2.75, 3.05) is 32.9 Å². The Morgan fingerprint density at radius 2 is 2.33 bits per heavy atom. The summed E-state index contributed by atoms with van der Waals surface area (Å²) in [5, 5.41) is 6.30. The van der Waals surface area contributed by atoms with E-state index >= 15 is 0 Å². The number of morpholine rings is 1. The largest absolute Gasteiger partial charge is 0.378 e. The zero-order chi connectivity index (χ0) is 12.8. The molecular formula is C13H24N2O3. The van der Waals surface area contributed by atoms with Crippen molar-refractivity contribution in [3.63, 3.8) is 0 Å². The van der Waals surface area contributed by atoms with Crippen molar-refractivity contribution in [1.82, 2.24) is 10.6 Å². The quantitative estimate of drug-likeness (QED) is 0.717. The summed E-state index contributed by atoms with van der Waals surface area (Å²) in [6, 6.07) is 0.264. The van der Waals surface area contributed by atoms with Crippen LogP contribution < -0.4 is 10.6 Å². The molecule has 2 N–H and O–H groups in total. The average Bonchev–Trinajstić information content (AvgIpc) is 2.35. The zero-order valence-corrected chi connectivity index (χ0v) is 11.1. The molecule has 1 atom stereocenters. The van der Waals surface area contributed by atoms with Crippen LogP contribution in [-0.4, -0.2) is 51.0 Å². The van der Waals surface area contributed by atoms with Gasteiger partial charge in [0, 0.05) is 32.2 Å². The minimum Gasteiger partial charge on any atom is -0.378 e. The SMILES string of the molecule is CCOC1CC(CC(=O)NCC2COCCN2)C1. The van der Waals surface area contributed by atoms with Crippen molar-refractivity contribution in [3.8, 4) is 0 Å². The molecule has 5 nitrogen and oxygen atoms in total. The van der Waals surface area contributed by atoms with Gasteiger partial charge in [0.25, 0.3) is 0 Å². The standard InChI is InChI=1S/C13H24N2O3/c1-2-18-12-5-10(6-12)7-13(16)15-8-11-9-17-4-3-14-11/h10-12,14H,2-9H2,1H3,(H,15,16). The molecule has 1 saturated heterocycles. The molecule has 1 aliphatic heterocycles. The Kier molecular flexibility index (Phi) is 5.41. The van der Waals surface area contributed by atoms with Gasteiger partial charge in [-0.05, 0) is 25.7 Å². The molecule has 0 spiro atoms. The fourth-order valence-corrected chi connectivity index (χ4v) is 2.54. The number of hydrogen-bond donors (Lipinski definition) is 2. The molecule has 104 valence electrons. The summed E-state index contributed by atoms with van der Waals surface area (Å²) in [5.41, 5.74) is 0. The Hall–Kier alpha value is -0.650. The Morgan fingerprint density at radius 3 is 3.00 bits per heavy atom. The highest BCUT2D eigenvalue weighted by molar-refractivity contribution is 5.76. The molecule has 5 heteroatoms. The summed E-state index contributed by atoms with van der Waals surface area (Å²) in [5.74, 6) is 0.666. The lowest BCUT2D eigenvalue weighted by Gasteiger charge is -2.34. The predicted octanol–water partition coefficient (Wildman–Crippen LogP) is 0.296. The number of rotatable bonds is 6. The number of nitrogens with one attached hydrogen (secondary N) is 2. The predicted molar refractivity (Wildman–Crippen MR) is 68.4 cm³/mol. The normalized spacial score (nSPS) is 31.7. The summed E-state index contributed by atoms with van der Waals surface area (Å²) in [4.78, 5) is 11.7. The summed E-state index contributed by atoms with van der Waals surface area (Å²) < 4.78 is 10.8. The monoisotopic (exact) mass is 256 g/mol. The smallest absolute Gasteiger partial charge is 0.220 e. The van der Waals surface area contributed by atoms with Crippen molar-refractivity contribution in [3.05, 3.63) is 0 Å². The molecule has 2 aliphatic rings. The first-order valence-electron chi connectivity index (χ1n) is 6.97. The highest BCUT2D eigenvalue weighted by Gasteiger charge is 2.31. The molecule has 2 rings (SSSR count). The second-order valence-corrected chi connectivity index (χ2v) is 5.15.